The fourth-order valence-electron chi connectivity index (χ4n) is 2.83. The third kappa shape index (κ3) is 4.77. The van der Waals surface area contributed by atoms with Gasteiger partial charge in [0, 0.05) is 37.0 Å². The lowest BCUT2D eigenvalue weighted by Gasteiger charge is -2.17. The normalized spacial score (nSPS) is 10.9. The Morgan fingerprint density at radius 3 is 2.65 bits per heavy atom. The standard InChI is InChI=1S/C20H23N5O/c1-16-22-11-12-25(16)14-18-5-3-4-6-19(18)23-20(26)15-24(2)13-17-7-9-21-10-8-17/h3-12H,13-15H2,1-2H3,(H,23,26). The van der Waals surface area contributed by atoms with E-state index in [1.54, 1.807) is 18.6 Å². The summed E-state index contributed by atoms with van der Waals surface area (Å²) in [4.78, 5) is 22.7. The summed E-state index contributed by atoms with van der Waals surface area (Å²) >= 11 is 0. The molecule has 3 rings (SSSR count). The van der Waals surface area contributed by atoms with Crippen molar-refractivity contribution in [2.75, 3.05) is 18.9 Å². The Bertz CT molecular complexity index is 859. The fourth-order valence-corrected chi connectivity index (χ4v) is 2.83. The van der Waals surface area contributed by atoms with Gasteiger partial charge < -0.3 is 9.88 Å². The van der Waals surface area contributed by atoms with Crippen LogP contribution in [-0.2, 0) is 17.9 Å². The highest BCUT2D eigenvalue weighted by Gasteiger charge is 2.10. The van der Waals surface area contributed by atoms with Crippen molar-refractivity contribution in [3.05, 3.63) is 78.1 Å². The van der Waals surface area contributed by atoms with Crippen molar-refractivity contribution >= 4 is 11.6 Å². The lowest BCUT2D eigenvalue weighted by atomic mass is 10.1. The number of likely N-dealkylation sites (N-methyl/N-ethyl adjacent to an activating group) is 1. The zero-order valence-electron chi connectivity index (χ0n) is 15.1. The molecular formula is C20H23N5O. The Morgan fingerprint density at radius 2 is 1.92 bits per heavy atom. The van der Waals surface area contributed by atoms with Crippen LogP contribution in [0, 0.1) is 6.92 Å². The first-order chi connectivity index (χ1) is 12.6. The number of nitrogens with one attached hydrogen (secondary N) is 1. The number of rotatable bonds is 7. The summed E-state index contributed by atoms with van der Waals surface area (Å²) in [7, 11) is 1.93. The number of carbonyl (C=O) groups is 1. The summed E-state index contributed by atoms with van der Waals surface area (Å²) in [5, 5.41) is 3.03. The van der Waals surface area contributed by atoms with Gasteiger partial charge in [0.1, 0.15) is 5.82 Å². The van der Waals surface area contributed by atoms with Crippen molar-refractivity contribution < 1.29 is 4.79 Å². The van der Waals surface area contributed by atoms with Gasteiger partial charge >= 0.3 is 0 Å². The molecule has 2 aromatic heterocycles. The van der Waals surface area contributed by atoms with E-state index in [1.165, 1.54) is 0 Å². The molecule has 0 atom stereocenters. The number of benzene rings is 1. The van der Waals surface area contributed by atoms with E-state index < -0.39 is 0 Å². The Labute approximate surface area is 153 Å². The predicted molar refractivity (Wildman–Crippen MR) is 102 cm³/mol. The second-order valence-electron chi connectivity index (χ2n) is 6.34. The van der Waals surface area contributed by atoms with Gasteiger partial charge in [-0.25, -0.2) is 4.98 Å². The van der Waals surface area contributed by atoms with Crippen LogP contribution in [-0.4, -0.2) is 38.9 Å². The number of aryl methyl sites for hydroxylation is 1. The van der Waals surface area contributed by atoms with E-state index in [0.29, 0.717) is 19.6 Å². The molecule has 0 radical (unpaired) electrons. The summed E-state index contributed by atoms with van der Waals surface area (Å²) < 4.78 is 2.06. The molecule has 0 bridgehead atoms. The summed E-state index contributed by atoms with van der Waals surface area (Å²) in [6.07, 6.45) is 7.25. The number of pyridine rings is 1. The van der Waals surface area contributed by atoms with Crippen LogP contribution in [0.4, 0.5) is 5.69 Å². The van der Waals surface area contributed by atoms with Crippen LogP contribution >= 0.6 is 0 Å². The Balaban J connectivity index is 1.61. The monoisotopic (exact) mass is 349 g/mol. The topological polar surface area (TPSA) is 63.1 Å². The molecule has 1 N–H and O–H groups in total. The molecule has 0 aliphatic heterocycles. The molecule has 26 heavy (non-hydrogen) atoms. The number of aromatic nitrogens is 3. The first kappa shape index (κ1) is 17.8. The van der Waals surface area contributed by atoms with Gasteiger partial charge in [-0.3, -0.25) is 14.7 Å². The fraction of sp³-hybridized carbons (Fsp3) is 0.250. The van der Waals surface area contributed by atoms with E-state index >= 15 is 0 Å². The minimum Gasteiger partial charge on any atom is -0.331 e. The molecule has 0 unspecified atom stereocenters. The minimum atomic E-state index is -0.0311. The second-order valence-corrected chi connectivity index (χ2v) is 6.34. The number of nitrogens with zero attached hydrogens (tertiary/aromatic N) is 4. The Hall–Kier alpha value is -2.99. The van der Waals surface area contributed by atoms with E-state index in [9.17, 15) is 4.79 Å². The maximum atomic E-state index is 12.5. The third-order valence-corrected chi connectivity index (χ3v) is 4.17. The molecule has 0 fully saturated rings. The van der Waals surface area contributed by atoms with E-state index in [2.05, 4.69) is 19.9 Å². The number of hydrogen-bond donors (Lipinski definition) is 1. The maximum Gasteiger partial charge on any atom is 0.238 e. The van der Waals surface area contributed by atoms with Gasteiger partial charge in [0.15, 0.2) is 0 Å². The van der Waals surface area contributed by atoms with Gasteiger partial charge in [0.05, 0.1) is 13.1 Å². The Morgan fingerprint density at radius 1 is 1.15 bits per heavy atom. The smallest absolute Gasteiger partial charge is 0.238 e. The number of carbonyl (C=O) groups excluding carboxylic acids is 1. The van der Waals surface area contributed by atoms with Crippen LogP contribution in [0.25, 0.3) is 0 Å². The molecule has 2 heterocycles. The van der Waals surface area contributed by atoms with E-state index in [0.717, 1.165) is 22.6 Å². The molecule has 0 aliphatic carbocycles. The first-order valence-electron chi connectivity index (χ1n) is 8.55. The average molecular weight is 349 g/mol. The largest absolute Gasteiger partial charge is 0.331 e. The molecular weight excluding hydrogens is 326 g/mol. The lowest BCUT2D eigenvalue weighted by Crippen LogP contribution is -2.30. The van der Waals surface area contributed by atoms with Crippen molar-refractivity contribution in [1.82, 2.24) is 19.4 Å². The first-order valence-corrected chi connectivity index (χ1v) is 8.55. The van der Waals surface area contributed by atoms with Crippen molar-refractivity contribution in [3.63, 3.8) is 0 Å². The van der Waals surface area contributed by atoms with Crippen molar-refractivity contribution in [3.8, 4) is 0 Å². The molecule has 6 heteroatoms. The van der Waals surface area contributed by atoms with Crippen LogP contribution < -0.4 is 5.32 Å². The molecule has 0 aliphatic rings. The maximum absolute atomic E-state index is 12.5. The van der Waals surface area contributed by atoms with Crippen molar-refractivity contribution in [1.29, 1.82) is 0 Å². The van der Waals surface area contributed by atoms with Crippen LogP contribution in [0.5, 0.6) is 0 Å². The Kier molecular flexibility index (Phi) is 5.76. The van der Waals surface area contributed by atoms with E-state index in [-0.39, 0.29) is 5.91 Å². The zero-order valence-corrected chi connectivity index (χ0v) is 15.1. The summed E-state index contributed by atoms with van der Waals surface area (Å²) in [5.41, 5.74) is 3.02. The summed E-state index contributed by atoms with van der Waals surface area (Å²) in [6.45, 7) is 3.66. The number of hydrogen-bond acceptors (Lipinski definition) is 4. The van der Waals surface area contributed by atoms with Gasteiger partial charge in [-0.05, 0) is 43.3 Å². The van der Waals surface area contributed by atoms with Crippen LogP contribution in [0.15, 0.2) is 61.2 Å². The van der Waals surface area contributed by atoms with Crippen molar-refractivity contribution in [2.24, 2.45) is 0 Å². The molecule has 3 aromatic rings. The molecule has 1 aromatic carbocycles. The van der Waals surface area contributed by atoms with E-state index in [4.69, 9.17) is 0 Å². The third-order valence-electron chi connectivity index (χ3n) is 4.17. The average Bonchev–Trinajstić information content (AvgIpc) is 3.02. The quantitative estimate of drug-likeness (QED) is 0.712. The molecule has 0 saturated carbocycles. The summed E-state index contributed by atoms with van der Waals surface area (Å²) in [5.74, 6) is 0.916. The van der Waals surface area contributed by atoms with Crippen molar-refractivity contribution in [2.45, 2.75) is 20.0 Å². The van der Waals surface area contributed by atoms with Gasteiger partial charge in [-0.2, -0.15) is 0 Å². The SMILES string of the molecule is Cc1nccn1Cc1ccccc1NC(=O)CN(C)Cc1ccncc1. The highest BCUT2D eigenvalue weighted by Crippen LogP contribution is 2.17. The van der Waals surface area contributed by atoms with Crippen LogP contribution in [0.1, 0.15) is 17.0 Å². The molecule has 1 amide bonds. The molecule has 0 saturated heterocycles. The molecule has 134 valence electrons. The highest BCUT2D eigenvalue weighted by molar-refractivity contribution is 5.92. The van der Waals surface area contributed by atoms with Gasteiger partial charge in [0.2, 0.25) is 5.91 Å². The van der Waals surface area contributed by atoms with Gasteiger partial charge in [-0.1, -0.05) is 18.2 Å². The number of imidazole rings is 1. The number of anilines is 1. The predicted octanol–water partition coefficient (Wildman–Crippen LogP) is 2.71. The van der Waals surface area contributed by atoms with Gasteiger partial charge in [0.25, 0.3) is 0 Å². The second kappa shape index (κ2) is 8.40. The van der Waals surface area contributed by atoms with Gasteiger partial charge in [-0.15, -0.1) is 0 Å². The molecule has 6 nitrogen and oxygen atoms in total. The van der Waals surface area contributed by atoms with Crippen LogP contribution in [0.2, 0.25) is 0 Å². The number of amides is 1. The van der Waals surface area contributed by atoms with E-state index in [1.807, 2.05) is 61.5 Å². The lowest BCUT2D eigenvalue weighted by molar-refractivity contribution is -0.117. The summed E-state index contributed by atoms with van der Waals surface area (Å²) in [6, 6.07) is 11.8. The minimum absolute atomic E-state index is 0.0311. The van der Waals surface area contributed by atoms with Crippen LogP contribution in [0.3, 0.4) is 0 Å². The zero-order chi connectivity index (χ0) is 18.4. The highest BCUT2D eigenvalue weighted by atomic mass is 16.2. The number of para-hydroxylation sites is 1. The molecule has 0 spiro atoms.